The molecule has 0 unspecified atom stereocenters. The van der Waals surface area contributed by atoms with Gasteiger partial charge in [0.05, 0.1) is 6.04 Å². The Kier molecular flexibility index (Phi) is 10.3. The fourth-order valence-electron chi connectivity index (χ4n) is 2.86. The zero-order valence-corrected chi connectivity index (χ0v) is 19.9. The maximum absolute atomic E-state index is 12.0. The van der Waals surface area contributed by atoms with Gasteiger partial charge < -0.3 is 25.6 Å². The van der Waals surface area contributed by atoms with Crippen molar-refractivity contribution < 1.29 is 14.3 Å². The van der Waals surface area contributed by atoms with Crippen molar-refractivity contribution in [2.45, 2.75) is 65.0 Å². The van der Waals surface area contributed by atoms with Crippen LogP contribution in [-0.4, -0.2) is 67.2 Å². The van der Waals surface area contributed by atoms with Gasteiger partial charge in [-0.05, 0) is 47.0 Å². The Morgan fingerprint density at radius 3 is 2.39 bits per heavy atom. The van der Waals surface area contributed by atoms with Gasteiger partial charge in [0.2, 0.25) is 5.91 Å². The summed E-state index contributed by atoms with van der Waals surface area (Å²) < 4.78 is 5.36. The van der Waals surface area contributed by atoms with Gasteiger partial charge in [0.1, 0.15) is 5.60 Å². The van der Waals surface area contributed by atoms with E-state index in [1.54, 1.807) is 4.90 Å². The minimum Gasteiger partial charge on any atom is -0.444 e. The molecular formula is C19H36IN5O3. The Hall–Kier alpha value is -1.26. The molecular weight excluding hydrogens is 473 g/mol. The molecule has 0 aromatic carbocycles. The summed E-state index contributed by atoms with van der Waals surface area (Å²) in [5.41, 5.74) is -0.472. The highest BCUT2D eigenvalue weighted by molar-refractivity contribution is 14.0. The van der Waals surface area contributed by atoms with Crippen LogP contribution in [0, 0.1) is 5.92 Å². The predicted molar refractivity (Wildman–Crippen MR) is 121 cm³/mol. The Morgan fingerprint density at radius 1 is 1.18 bits per heavy atom. The number of nitrogens with zero attached hydrogens (tertiary/aromatic N) is 2. The molecule has 0 aromatic heterocycles. The third-order valence-electron chi connectivity index (χ3n) is 4.60. The van der Waals surface area contributed by atoms with E-state index < -0.39 is 5.60 Å². The lowest BCUT2D eigenvalue weighted by Crippen LogP contribution is -2.63. The van der Waals surface area contributed by atoms with Crippen molar-refractivity contribution in [3.8, 4) is 0 Å². The number of rotatable bonds is 7. The van der Waals surface area contributed by atoms with E-state index in [1.165, 1.54) is 6.42 Å². The molecule has 3 N–H and O–H groups in total. The molecule has 1 saturated carbocycles. The van der Waals surface area contributed by atoms with E-state index in [1.807, 2.05) is 27.7 Å². The number of amides is 2. The molecule has 1 saturated heterocycles. The van der Waals surface area contributed by atoms with Crippen molar-refractivity contribution in [1.82, 2.24) is 20.9 Å². The summed E-state index contributed by atoms with van der Waals surface area (Å²) in [4.78, 5) is 30.0. The first-order valence-corrected chi connectivity index (χ1v) is 10.1. The van der Waals surface area contributed by atoms with Crippen LogP contribution in [0.5, 0.6) is 0 Å². The van der Waals surface area contributed by atoms with Gasteiger partial charge >= 0.3 is 6.09 Å². The molecule has 28 heavy (non-hydrogen) atoms. The molecule has 2 fully saturated rings. The van der Waals surface area contributed by atoms with Gasteiger partial charge in [-0.2, -0.15) is 0 Å². The van der Waals surface area contributed by atoms with Crippen LogP contribution in [0.2, 0.25) is 0 Å². The van der Waals surface area contributed by atoms with Crippen LogP contribution in [0.3, 0.4) is 0 Å². The Balaban J connectivity index is 0.00000392. The van der Waals surface area contributed by atoms with Gasteiger partial charge in [0.25, 0.3) is 0 Å². The molecule has 9 heteroatoms. The first-order chi connectivity index (χ1) is 12.8. The maximum Gasteiger partial charge on any atom is 0.410 e. The number of guanidine groups is 1. The molecule has 0 radical (unpaired) electrons. The third-order valence-corrected chi connectivity index (χ3v) is 4.60. The number of ether oxygens (including phenoxy) is 1. The van der Waals surface area contributed by atoms with Gasteiger partial charge in [-0.25, -0.2) is 4.79 Å². The highest BCUT2D eigenvalue weighted by Gasteiger charge is 2.34. The van der Waals surface area contributed by atoms with E-state index in [-0.39, 0.29) is 47.9 Å². The fourth-order valence-corrected chi connectivity index (χ4v) is 2.86. The number of hydrogen-bond acceptors (Lipinski definition) is 4. The number of nitrogens with one attached hydrogen (secondary N) is 3. The minimum absolute atomic E-state index is 0. The molecule has 2 aliphatic rings. The van der Waals surface area contributed by atoms with Crippen molar-refractivity contribution in [1.29, 1.82) is 0 Å². The third kappa shape index (κ3) is 8.40. The van der Waals surface area contributed by atoms with Gasteiger partial charge in [0.15, 0.2) is 5.96 Å². The maximum atomic E-state index is 12.0. The largest absolute Gasteiger partial charge is 0.444 e. The molecule has 0 bridgehead atoms. The van der Waals surface area contributed by atoms with Gasteiger partial charge in [0, 0.05) is 38.6 Å². The van der Waals surface area contributed by atoms with E-state index >= 15 is 0 Å². The molecule has 1 heterocycles. The lowest BCUT2D eigenvalue weighted by Gasteiger charge is -2.40. The van der Waals surface area contributed by atoms with Crippen LogP contribution in [0.25, 0.3) is 0 Å². The second-order valence-electron chi connectivity index (χ2n) is 8.26. The lowest BCUT2D eigenvalue weighted by atomic mass is 9.85. The summed E-state index contributed by atoms with van der Waals surface area (Å²) >= 11 is 0. The van der Waals surface area contributed by atoms with E-state index in [0.717, 1.165) is 31.8 Å². The average molecular weight is 509 g/mol. The van der Waals surface area contributed by atoms with E-state index in [2.05, 4.69) is 20.9 Å². The molecule has 2 rings (SSSR count). The fraction of sp³-hybridized carbons (Fsp3) is 0.842. The number of carbonyl (C=O) groups excluding carboxylic acids is 2. The van der Waals surface area contributed by atoms with Crippen LogP contribution in [0.4, 0.5) is 4.79 Å². The number of likely N-dealkylation sites (tertiary alicyclic amines) is 1. The van der Waals surface area contributed by atoms with E-state index in [9.17, 15) is 9.59 Å². The van der Waals surface area contributed by atoms with Crippen LogP contribution in [0.1, 0.15) is 53.4 Å². The zero-order chi connectivity index (χ0) is 19.9. The molecule has 1 aliphatic heterocycles. The Bertz CT molecular complexity index is 540. The monoisotopic (exact) mass is 509 g/mol. The summed E-state index contributed by atoms with van der Waals surface area (Å²) in [6, 6.07) is 0.175. The Labute approximate surface area is 185 Å². The normalized spacial score (nSPS) is 17.7. The van der Waals surface area contributed by atoms with E-state index in [0.29, 0.717) is 26.2 Å². The molecule has 0 aromatic rings. The summed E-state index contributed by atoms with van der Waals surface area (Å²) in [6.45, 7) is 10.9. The zero-order valence-electron chi connectivity index (χ0n) is 17.5. The number of hydrogen-bond donors (Lipinski definition) is 3. The van der Waals surface area contributed by atoms with Crippen molar-refractivity contribution in [3.63, 3.8) is 0 Å². The second-order valence-corrected chi connectivity index (χ2v) is 8.26. The number of aliphatic imine (C=N–C) groups is 1. The summed E-state index contributed by atoms with van der Waals surface area (Å²) in [5.74, 6) is 1.17. The van der Waals surface area contributed by atoms with Crippen LogP contribution in [-0.2, 0) is 9.53 Å². The average Bonchev–Trinajstić information content (AvgIpc) is 2.46. The Morgan fingerprint density at radius 2 is 1.86 bits per heavy atom. The quantitative estimate of drug-likeness (QED) is 0.212. The molecule has 0 atom stereocenters. The van der Waals surface area contributed by atoms with Crippen molar-refractivity contribution >= 4 is 41.9 Å². The minimum atomic E-state index is -0.472. The standard InChI is InChI=1S/C19H35N5O3.HI/c1-5-20-17(22-11-7-10-21-16(25)14-8-6-9-14)23-15-12-24(13-15)18(26)27-19(2,3)4;/h14-15H,5-13H2,1-4H3,(H,21,25)(H2,20,22,23);1H. The van der Waals surface area contributed by atoms with Crippen LogP contribution >= 0.6 is 24.0 Å². The van der Waals surface area contributed by atoms with Crippen molar-refractivity contribution in [2.24, 2.45) is 10.9 Å². The topological polar surface area (TPSA) is 95.1 Å². The number of carbonyl (C=O) groups is 2. The predicted octanol–water partition coefficient (Wildman–Crippen LogP) is 2.09. The molecule has 8 nitrogen and oxygen atoms in total. The number of halogens is 1. The van der Waals surface area contributed by atoms with Crippen LogP contribution < -0.4 is 16.0 Å². The van der Waals surface area contributed by atoms with Gasteiger partial charge in [-0.15, -0.1) is 24.0 Å². The van der Waals surface area contributed by atoms with E-state index in [4.69, 9.17) is 4.74 Å². The first kappa shape index (κ1) is 24.8. The first-order valence-electron chi connectivity index (χ1n) is 10.1. The van der Waals surface area contributed by atoms with Gasteiger partial charge in [-0.3, -0.25) is 9.79 Å². The highest BCUT2D eigenvalue weighted by Crippen LogP contribution is 2.26. The highest BCUT2D eigenvalue weighted by atomic mass is 127. The molecule has 162 valence electrons. The summed E-state index contributed by atoms with van der Waals surface area (Å²) in [7, 11) is 0. The summed E-state index contributed by atoms with van der Waals surface area (Å²) in [6.07, 6.45) is 3.76. The lowest BCUT2D eigenvalue weighted by molar-refractivity contribution is -0.127. The van der Waals surface area contributed by atoms with Crippen LogP contribution in [0.15, 0.2) is 4.99 Å². The smallest absolute Gasteiger partial charge is 0.410 e. The van der Waals surface area contributed by atoms with Crippen molar-refractivity contribution in [3.05, 3.63) is 0 Å². The molecule has 2 amide bonds. The molecule has 1 aliphatic carbocycles. The van der Waals surface area contributed by atoms with Crippen molar-refractivity contribution in [2.75, 3.05) is 32.7 Å². The summed E-state index contributed by atoms with van der Waals surface area (Å²) in [5, 5.41) is 9.54. The molecule has 0 spiro atoms. The van der Waals surface area contributed by atoms with Gasteiger partial charge in [-0.1, -0.05) is 6.42 Å². The SMILES string of the molecule is CCNC(=NCCCNC(=O)C1CCC1)NC1CN(C(=O)OC(C)(C)C)C1.I. The second kappa shape index (κ2) is 11.7.